The summed E-state index contributed by atoms with van der Waals surface area (Å²) < 4.78 is 25.2. The lowest BCUT2D eigenvalue weighted by Gasteiger charge is -2.15. The van der Waals surface area contributed by atoms with Crippen LogP contribution >= 0.6 is 0 Å². The minimum Gasteiger partial charge on any atom is -0.478 e. The van der Waals surface area contributed by atoms with Crippen LogP contribution in [0.25, 0.3) is 0 Å². The maximum Gasteiger partial charge on any atom is 0.340 e. The molecule has 0 atom stereocenters. The van der Waals surface area contributed by atoms with E-state index in [4.69, 9.17) is 5.11 Å². The molecule has 0 fully saturated rings. The Balaban J connectivity index is 3.04. The van der Waals surface area contributed by atoms with E-state index in [1.54, 1.807) is 0 Å². The first-order chi connectivity index (χ1) is 7.91. The lowest BCUT2D eigenvalue weighted by Crippen LogP contribution is -2.29. The van der Waals surface area contributed by atoms with Crippen molar-refractivity contribution in [1.82, 2.24) is 14.5 Å². The zero-order valence-electron chi connectivity index (χ0n) is 9.67. The topological polar surface area (TPSA) is 103 Å². The fraction of sp³-hybridized carbons (Fsp3) is 0.556. The van der Waals surface area contributed by atoms with Crippen LogP contribution in [0.15, 0.2) is 11.2 Å². The number of unbranched alkanes of at least 4 members (excludes halogenated alkanes) is 1. The lowest BCUT2D eigenvalue weighted by atomic mass is 10.3. The Morgan fingerprint density at radius 1 is 1.59 bits per heavy atom. The van der Waals surface area contributed by atoms with Gasteiger partial charge in [0, 0.05) is 13.6 Å². The number of carbonyl (C=O) groups is 1. The van der Waals surface area contributed by atoms with Crippen LogP contribution in [0.2, 0.25) is 0 Å². The van der Waals surface area contributed by atoms with Gasteiger partial charge in [0.15, 0.2) is 5.03 Å². The quantitative estimate of drug-likeness (QED) is 0.777. The molecule has 0 spiro atoms. The van der Waals surface area contributed by atoms with Gasteiger partial charge in [-0.05, 0) is 6.42 Å². The number of hydrogen-bond donors (Lipinski definition) is 2. The normalized spacial score (nSPS) is 11.9. The molecule has 1 aromatic heterocycles. The molecule has 1 heterocycles. The van der Waals surface area contributed by atoms with Crippen molar-refractivity contribution in [3.8, 4) is 0 Å². The summed E-state index contributed by atoms with van der Waals surface area (Å²) in [5.41, 5.74) is -0.339. The van der Waals surface area contributed by atoms with Gasteiger partial charge in [-0.1, -0.05) is 13.3 Å². The summed E-state index contributed by atoms with van der Waals surface area (Å²) in [5.74, 6) is -1.32. The van der Waals surface area contributed by atoms with Crippen LogP contribution in [0.1, 0.15) is 30.1 Å². The van der Waals surface area contributed by atoms with Gasteiger partial charge in [-0.2, -0.15) is 9.40 Å². The van der Waals surface area contributed by atoms with E-state index in [-0.39, 0.29) is 10.6 Å². The predicted molar refractivity (Wildman–Crippen MR) is 60.3 cm³/mol. The van der Waals surface area contributed by atoms with Crippen molar-refractivity contribution in [3.63, 3.8) is 0 Å². The van der Waals surface area contributed by atoms with Crippen LogP contribution in [0.3, 0.4) is 0 Å². The van der Waals surface area contributed by atoms with Gasteiger partial charge in [0.05, 0.1) is 6.20 Å². The van der Waals surface area contributed by atoms with Crippen LogP contribution in [0.4, 0.5) is 0 Å². The van der Waals surface area contributed by atoms with E-state index in [0.29, 0.717) is 13.0 Å². The van der Waals surface area contributed by atoms with E-state index < -0.39 is 16.0 Å². The highest BCUT2D eigenvalue weighted by Crippen LogP contribution is 2.16. The number of aromatic nitrogens is 2. The molecular weight excluding hydrogens is 246 g/mol. The number of nitrogens with one attached hydrogen (secondary N) is 1. The van der Waals surface area contributed by atoms with E-state index in [9.17, 15) is 13.2 Å². The fourth-order valence-corrected chi connectivity index (χ4v) is 2.55. The van der Waals surface area contributed by atoms with E-state index >= 15 is 0 Å². The minimum absolute atomic E-state index is 0.339. The molecule has 0 bridgehead atoms. The Labute approximate surface area is 99.5 Å². The molecule has 1 aromatic rings. The zero-order chi connectivity index (χ0) is 13.1. The third-order valence-corrected chi connectivity index (χ3v) is 4.16. The third-order valence-electron chi connectivity index (χ3n) is 2.33. The first-order valence-electron chi connectivity index (χ1n) is 5.14. The highest BCUT2D eigenvalue weighted by Gasteiger charge is 2.28. The summed E-state index contributed by atoms with van der Waals surface area (Å²) in [6, 6.07) is 0. The van der Waals surface area contributed by atoms with Gasteiger partial charge in [-0.15, -0.1) is 0 Å². The van der Waals surface area contributed by atoms with Crippen LogP contribution in [0, 0.1) is 0 Å². The molecule has 0 saturated carbocycles. The number of carboxylic acids is 1. The van der Waals surface area contributed by atoms with Gasteiger partial charge in [0.2, 0.25) is 0 Å². The van der Waals surface area contributed by atoms with E-state index in [1.165, 1.54) is 7.05 Å². The molecule has 0 aliphatic rings. The Hall–Kier alpha value is -1.41. The molecule has 0 amide bonds. The molecule has 2 N–H and O–H groups in total. The van der Waals surface area contributed by atoms with Gasteiger partial charge >= 0.3 is 5.97 Å². The summed E-state index contributed by atoms with van der Waals surface area (Å²) >= 11 is 0. The Morgan fingerprint density at radius 2 is 2.24 bits per heavy atom. The van der Waals surface area contributed by atoms with Gasteiger partial charge in [-0.25, -0.2) is 13.2 Å². The molecule has 17 heavy (non-hydrogen) atoms. The van der Waals surface area contributed by atoms with Crippen molar-refractivity contribution in [2.24, 2.45) is 0 Å². The Kier molecular flexibility index (Phi) is 4.24. The minimum atomic E-state index is -3.81. The second kappa shape index (κ2) is 5.28. The molecular formula is C9H15N3O4S. The fourth-order valence-electron chi connectivity index (χ4n) is 1.28. The maximum absolute atomic E-state index is 12.0. The summed E-state index contributed by atoms with van der Waals surface area (Å²) in [4.78, 5) is 10.8. The van der Waals surface area contributed by atoms with Gasteiger partial charge in [0.25, 0.3) is 10.0 Å². The van der Waals surface area contributed by atoms with Gasteiger partial charge in [-0.3, -0.25) is 5.10 Å². The zero-order valence-corrected chi connectivity index (χ0v) is 10.5. The standard InChI is InChI=1S/C9H15N3O4S/c1-3-4-5-12(2)17(15,16)8-7(9(13)14)6-10-11-8/h6H,3-5H2,1-2H3,(H,10,11)(H,13,14). The number of nitrogens with zero attached hydrogens (tertiary/aromatic N) is 2. The van der Waals surface area contributed by atoms with Crippen molar-refractivity contribution in [1.29, 1.82) is 0 Å². The van der Waals surface area contributed by atoms with Crippen molar-refractivity contribution in [2.75, 3.05) is 13.6 Å². The van der Waals surface area contributed by atoms with Crippen LogP contribution < -0.4 is 0 Å². The van der Waals surface area contributed by atoms with Crippen molar-refractivity contribution in [3.05, 3.63) is 11.8 Å². The molecule has 0 aliphatic carbocycles. The first kappa shape index (κ1) is 13.7. The number of rotatable bonds is 6. The SMILES string of the molecule is CCCCN(C)S(=O)(=O)c1[nH]ncc1C(=O)O. The highest BCUT2D eigenvalue weighted by molar-refractivity contribution is 7.89. The number of aromatic carboxylic acids is 1. The van der Waals surface area contributed by atoms with E-state index in [1.807, 2.05) is 6.92 Å². The van der Waals surface area contributed by atoms with Crippen LogP contribution in [-0.2, 0) is 10.0 Å². The van der Waals surface area contributed by atoms with Crippen molar-refractivity contribution in [2.45, 2.75) is 24.8 Å². The van der Waals surface area contributed by atoms with Crippen LogP contribution in [-0.4, -0.2) is 47.6 Å². The second-order valence-corrected chi connectivity index (χ2v) is 5.58. The molecule has 96 valence electrons. The predicted octanol–water partition coefficient (Wildman–Crippen LogP) is 0.528. The summed E-state index contributed by atoms with van der Waals surface area (Å²) in [6.07, 6.45) is 2.56. The number of hydrogen-bond acceptors (Lipinski definition) is 4. The molecule has 0 radical (unpaired) electrons. The average molecular weight is 261 g/mol. The lowest BCUT2D eigenvalue weighted by molar-refractivity contribution is 0.0692. The number of carboxylic acid groups (broad SMARTS) is 1. The highest BCUT2D eigenvalue weighted by atomic mass is 32.2. The Bertz CT molecular complexity index is 494. The molecule has 0 aliphatic heterocycles. The largest absolute Gasteiger partial charge is 0.478 e. The van der Waals surface area contributed by atoms with Crippen LogP contribution in [0.5, 0.6) is 0 Å². The maximum atomic E-state index is 12.0. The molecule has 7 nitrogen and oxygen atoms in total. The van der Waals surface area contributed by atoms with Crippen molar-refractivity contribution >= 4 is 16.0 Å². The number of sulfonamides is 1. The monoisotopic (exact) mass is 261 g/mol. The summed E-state index contributed by atoms with van der Waals surface area (Å²) in [5, 5.41) is 14.1. The number of aromatic amines is 1. The van der Waals surface area contributed by atoms with Gasteiger partial charge < -0.3 is 5.11 Å². The Morgan fingerprint density at radius 3 is 2.76 bits per heavy atom. The molecule has 8 heteroatoms. The summed E-state index contributed by atoms with van der Waals surface area (Å²) in [6.45, 7) is 2.29. The smallest absolute Gasteiger partial charge is 0.340 e. The summed E-state index contributed by atoms with van der Waals surface area (Å²) in [7, 11) is -2.39. The molecule has 0 unspecified atom stereocenters. The number of H-pyrrole nitrogens is 1. The van der Waals surface area contributed by atoms with E-state index in [2.05, 4.69) is 10.2 Å². The molecule has 0 saturated heterocycles. The molecule has 1 rings (SSSR count). The van der Waals surface area contributed by atoms with Gasteiger partial charge in [0.1, 0.15) is 5.56 Å². The van der Waals surface area contributed by atoms with Crippen molar-refractivity contribution < 1.29 is 18.3 Å². The second-order valence-electron chi connectivity index (χ2n) is 3.60. The molecule has 0 aromatic carbocycles. The first-order valence-corrected chi connectivity index (χ1v) is 6.58. The third kappa shape index (κ3) is 2.83. The average Bonchev–Trinajstić information content (AvgIpc) is 2.75. The van der Waals surface area contributed by atoms with E-state index in [0.717, 1.165) is 16.9 Å².